The van der Waals surface area contributed by atoms with Crippen molar-refractivity contribution in [3.8, 4) is 5.75 Å². The van der Waals surface area contributed by atoms with Crippen molar-refractivity contribution in [1.29, 1.82) is 0 Å². The number of ether oxygens (including phenoxy) is 1. The van der Waals surface area contributed by atoms with Gasteiger partial charge in [-0.25, -0.2) is 0 Å². The first-order valence-corrected chi connectivity index (χ1v) is 5.22. The molecule has 0 atom stereocenters. The van der Waals surface area contributed by atoms with Gasteiger partial charge in [0, 0.05) is 6.54 Å². The van der Waals surface area contributed by atoms with E-state index < -0.39 is 0 Å². The lowest BCUT2D eigenvalue weighted by Gasteiger charge is -2.09. The quantitative estimate of drug-likeness (QED) is 0.792. The average molecular weight is 191 g/mol. The molecule has 2 nitrogen and oxygen atoms in total. The van der Waals surface area contributed by atoms with E-state index in [0.717, 1.165) is 23.8 Å². The van der Waals surface area contributed by atoms with Crippen molar-refractivity contribution in [2.24, 2.45) is 11.7 Å². The topological polar surface area (TPSA) is 35.2 Å². The van der Waals surface area contributed by atoms with Crippen molar-refractivity contribution in [3.63, 3.8) is 0 Å². The van der Waals surface area contributed by atoms with E-state index in [1.807, 2.05) is 0 Å². The van der Waals surface area contributed by atoms with Crippen LogP contribution in [0.4, 0.5) is 0 Å². The average Bonchev–Trinajstić information content (AvgIpc) is 3.00. The molecule has 0 unspecified atom stereocenters. The Kier molecular flexibility index (Phi) is 2.73. The molecular formula is C12H17NO. The molecule has 0 radical (unpaired) electrons. The predicted molar refractivity (Wildman–Crippen MR) is 57.3 cm³/mol. The van der Waals surface area contributed by atoms with Crippen molar-refractivity contribution >= 4 is 0 Å². The summed E-state index contributed by atoms with van der Waals surface area (Å²) in [4.78, 5) is 0. The molecule has 0 aromatic heterocycles. The highest BCUT2D eigenvalue weighted by atomic mass is 16.5. The first kappa shape index (κ1) is 9.53. The second kappa shape index (κ2) is 4.01. The molecule has 0 aliphatic heterocycles. The van der Waals surface area contributed by atoms with Crippen LogP contribution in [-0.4, -0.2) is 6.61 Å². The van der Waals surface area contributed by atoms with Gasteiger partial charge in [-0.3, -0.25) is 0 Å². The number of hydrogen-bond donors (Lipinski definition) is 1. The number of rotatable bonds is 4. The third-order valence-electron chi connectivity index (χ3n) is 2.66. The van der Waals surface area contributed by atoms with E-state index in [9.17, 15) is 0 Å². The zero-order valence-corrected chi connectivity index (χ0v) is 8.62. The smallest absolute Gasteiger partial charge is 0.122 e. The summed E-state index contributed by atoms with van der Waals surface area (Å²) < 4.78 is 5.75. The maximum Gasteiger partial charge on any atom is 0.122 e. The van der Waals surface area contributed by atoms with Crippen molar-refractivity contribution < 1.29 is 4.74 Å². The van der Waals surface area contributed by atoms with Crippen LogP contribution in [0.5, 0.6) is 5.75 Å². The van der Waals surface area contributed by atoms with Crippen LogP contribution < -0.4 is 10.5 Å². The summed E-state index contributed by atoms with van der Waals surface area (Å²) in [5, 5.41) is 0. The van der Waals surface area contributed by atoms with E-state index in [-0.39, 0.29) is 0 Å². The normalized spacial score (nSPS) is 15.6. The Balaban J connectivity index is 2.04. The van der Waals surface area contributed by atoms with Crippen LogP contribution in [0.1, 0.15) is 24.0 Å². The minimum Gasteiger partial charge on any atom is -0.493 e. The Labute approximate surface area is 85.1 Å². The first-order chi connectivity index (χ1) is 6.79. The van der Waals surface area contributed by atoms with Gasteiger partial charge in [-0.05, 0) is 42.9 Å². The molecule has 2 N–H and O–H groups in total. The van der Waals surface area contributed by atoms with Crippen molar-refractivity contribution in [2.75, 3.05) is 6.61 Å². The van der Waals surface area contributed by atoms with E-state index in [2.05, 4.69) is 25.1 Å². The van der Waals surface area contributed by atoms with Crippen molar-refractivity contribution in [3.05, 3.63) is 29.3 Å². The summed E-state index contributed by atoms with van der Waals surface area (Å²) in [6, 6.07) is 6.18. The van der Waals surface area contributed by atoms with Crippen LogP contribution in [0.3, 0.4) is 0 Å². The number of hydrogen-bond acceptors (Lipinski definition) is 2. The van der Waals surface area contributed by atoms with Crippen LogP contribution >= 0.6 is 0 Å². The molecule has 76 valence electrons. The SMILES string of the molecule is Cc1ccc(CN)cc1OCC1CC1. The van der Waals surface area contributed by atoms with Crippen LogP contribution in [0, 0.1) is 12.8 Å². The lowest BCUT2D eigenvalue weighted by atomic mass is 10.1. The molecule has 0 spiro atoms. The minimum atomic E-state index is 0.583. The van der Waals surface area contributed by atoms with Gasteiger partial charge in [0.2, 0.25) is 0 Å². The third kappa shape index (κ3) is 2.26. The summed E-state index contributed by atoms with van der Waals surface area (Å²) in [6.07, 6.45) is 2.66. The third-order valence-corrected chi connectivity index (χ3v) is 2.66. The fourth-order valence-electron chi connectivity index (χ4n) is 1.42. The molecule has 1 aliphatic carbocycles. The Morgan fingerprint density at radius 3 is 2.86 bits per heavy atom. The van der Waals surface area contributed by atoms with Crippen molar-refractivity contribution in [1.82, 2.24) is 0 Å². The largest absolute Gasteiger partial charge is 0.493 e. The van der Waals surface area contributed by atoms with Crippen molar-refractivity contribution in [2.45, 2.75) is 26.3 Å². The Morgan fingerprint density at radius 1 is 1.43 bits per heavy atom. The van der Waals surface area contributed by atoms with Crippen LogP contribution in [0.2, 0.25) is 0 Å². The summed E-state index contributed by atoms with van der Waals surface area (Å²) >= 11 is 0. The molecular weight excluding hydrogens is 174 g/mol. The van der Waals surface area contributed by atoms with Gasteiger partial charge in [-0.15, -0.1) is 0 Å². The maximum absolute atomic E-state index is 5.75. The fraction of sp³-hybridized carbons (Fsp3) is 0.500. The second-order valence-corrected chi connectivity index (χ2v) is 4.06. The molecule has 0 saturated heterocycles. The lowest BCUT2D eigenvalue weighted by molar-refractivity contribution is 0.297. The van der Waals surface area contributed by atoms with E-state index in [1.165, 1.54) is 18.4 Å². The van der Waals surface area contributed by atoms with Crippen LogP contribution in [0.25, 0.3) is 0 Å². The van der Waals surface area contributed by atoms with Crippen LogP contribution in [-0.2, 0) is 6.54 Å². The van der Waals surface area contributed by atoms with E-state index in [4.69, 9.17) is 10.5 Å². The molecule has 1 fully saturated rings. The fourth-order valence-corrected chi connectivity index (χ4v) is 1.42. The molecule has 0 amide bonds. The highest BCUT2D eigenvalue weighted by Gasteiger charge is 2.22. The number of nitrogens with two attached hydrogens (primary N) is 1. The second-order valence-electron chi connectivity index (χ2n) is 4.06. The summed E-state index contributed by atoms with van der Waals surface area (Å²) in [5.41, 5.74) is 7.92. The van der Waals surface area contributed by atoms with Crippen LogP contribution in [0.15, 0.2) is 18.2 Å². The molecule has 2 heteroatoms. The first-order valence-electron chi connectivity index (χ1n) is 5.22. The van der Waals surface area contributed by atoms with E-state index in [1.54, 1.807) is 0 Å². The molecule has 2 rings (SSSR count). The molecule has 14 heavy (non-hydrogen) atoms. The Bertz CT molecular complexity index is 318. The zero-order chi connectivity index (χ0) is 9.97. The highest BCUT2D eigenvalue weighted by Crippen LogP contribution is 2.30. The molecule has 1 aromatic rings. The molecule has 1 aromatic carbocycles. The molecule has 1 saturated carbocycles. The Hall–Kier alpha value is -1.02. The van der Waals surface area contributed by atoms with E-state index in [0.29, 0.717) is 6.54 Å². The van der Waals surface area contributed by atoms with Gasteiger partial charge >= 0.3 is 0 Å². The number of benzene rings is 1. The summed E-state index contributed by atoms with van der Waals surface area (Å²) in [6.45, 7) is 3.53. The predicted octanol–water partition coefficient (Wildman–Crippen LogP) is 2.24. The minimum absolute atomic E-state index is 0.583. The summed E-state index contributed by atoms with van der Waals surface area (Å²) in [5.74, 6) is 1.80. The van der Waals surface area contributed by atoms with Gasteiger partial charge in [-0.2, -0.15) is 0 Å². The van der Waals surface area contributed by atoms with Gasteiger partial charge in [0.15, 0.2) is 0 Å². The number of aryl methyl sites for hydroxylation is 1. The van der Waals surface area contributed by atoms with Gasteiger partial charge in [-0.1, -0.05) is 12.1 Å². The van der Waals surface area contributed by atoms with Gasteiger partial charge in [0.05, 0.1) is 6.61 Å². The van der Waals surface area contributed by atoms with E-state index >= 15 is 0 Å². The molecule has 0 heterocycles. The summed E-state index contributed by atoms with van der Waals surface area (Å²) in [7, 11) is 0. The highest BCUT2D eigenvalue weighted by molar-refractivity contribution is 5.36. The standard InChI is InChI=1S/C12H17NO/c1-9-2-3-11(7-13)6-12(9)14-8-10-4-5-10/h2-3,6,10H,4-5,7-8,13H2,1H3. The zero-order valence-electron chi connectivity index (χ0n) is 8.62. The van der Waals surface area contributed by atoms with Gasteiger partial charge < -0.3 is 10.5 Å². The Morgan fingerprint density at radius 2 is 2.21 bits per heavy atom. The molecule has 1 aliphatic rings. The lowest BCUT2D eigenvalue weighted by Crippen LogP contribution is -2.02. The van der Waals surface area contributed by atoms with Gasteiger partial charge in [0.25, 0.3) is 0 Å². The van der Waals surface area contributed by atoms with Gasteiger partial charge in [0.1, 0.15) is 5.75 Å². The molecule has 0 bridgehead atoms. The monoisotopic (exact) mass is 191 g/mol. The maximum atomic E-state index is 5.75.